The highest BCUT2D eigenvalue weighted by molar-refractivity contribution is 9.12. The van der Waals surface area contributed by atoms with Gasteiger partial charge in [0.2, 0.25) is 0 Å². The van der Waals surface area contributed by atoms with Crippen molar-refractivity contribution in [1.82, 2.24) is 10.0 Å². The van der Waals surface area contributed by atoms with Gasteiger partial charge in [-0.25, -0.2) is 5.01 Å². The summed E-state index contributed by atoms with van der Waals surface area (Å²) in [6.07, 6.45) is 0.773. The van der Waals surface area contributed by atoms with Crippen LogP contribution in [0.5, 0.6) is 0 Å². The van der Waals surface area contributed by atoms with E-state index in [9.17, 15) is 19.2 Å². The van der Waals surface area contributed by atoms with E-state index in [-0.39, 0.29) is 32.8 Å². The Morgan fingerprint density at radius 1 is 0.882 bits per heavy atom. The number of fused-ring (bicyclic) bond motifs is 5. The quantitative estimate of drug-likeness (QED) is 0.251. The number of imide groups is 1. The fraction of sp³-hybridized carbons (Fsp3) is 0.333. The van der Waals surface area contributed by atoms with Gasteiger partial charge in [0.25, 0.3) is 17.7 Å². The number of ketones is 1. The van der Waals surface area contributed by atoms with Crippen molar-refractivity contribution in [2.75, 3.05) is 6.54 Å². The van der Waals surface area contributed by atoms with Crippen LogP contribution in [0.2, 0.25) is 5.02 Å². The number of alkyl halides is 2. The van der Waals surface area contributed by atoms with Crippen molar-refractivity contribution >= 4 is 82.9 Å². The van der Waals surface area contributed by atoms with Gasteiger partial charge in [0.15, 0.2) is 5.78 Å². The summed E-state index contributed by atoms with van der Waals surface area (Å²) < 4.78 is 0.806. The second-order valence-corrected chi connectivity index (χ2v) is 12.3. The smallest absolute Gasteiger partial charge is 0.273 e. The standard InChI is InChI=1S/C24H18Br3ClN2O4/c25-13-5-1-11(2-6-13)17(31)10-29(22(32)12-3-7-14(28)8-4-12)30-23(33)18-15-9-16(19(18)24(30)34)21(27)20(15)26/h1-8,15-16,18-21H,9-10H2/t15-,16-,18-,19+,20+,21+/m1/s1. The van der Waals surface area contributed by atoms with Crippen LogP contribution < -0.4 is 0 Å². The molecule has 2 aliphatic carbocycles. The summed E-state index contributed by atoms with van der Waals surface area (Å²) in [4.78, 5) is 53.9. The van der Waals surface area contributed by atoms with Gasteiger partial charge in [-0.05, 0) is 54.7 Å². The van der Waals surface area contributed by atoms with Crippen LogP contribution in [0.15, 0.2) is 53.0 Å². The molecule has 2 bridgehead atoms. The van der Waals surface area contributed by atoms with Crippen molar-refractivity contribution < 1.29 is 19.2 Å². The number of hydrogen-bond donors (Lipinski definition) is 0. The molecule has 0 aromatic heterocycles. The molecule has 6 atom stereocenters. The van der Waals surface area contributed by atoms with Gasteiger partial charge < -0.3 is 0 Å². The highest BCUT2D eigenvalue weighted by atomic mass is 79.9. The van der Waals surface area contributed by atoms with Crippen LogP contribution in [0, 0.1) is 23.7 Å². The van der Waals surface area contributed by atoms with E-state index in [1.165, 1.54) is 12.1 Å². The van der Waals surface area contributed by atoms with Gasteiger partial charge in [-0.1, -0.05) is 71.5 Å². The molecule has 3 fully saturated rings. The third kappa shape index (κ3) is 3.88. The van der Waals surface area contributed by atoms with E-state index in [4.69, 9.17) is 11.6 Å². The number of hydrogen-bond acceptors (Lipinski definition) is 4. The number of hydrazine groups is 1. The zero-order valence-electron chi connectivity index (χ0n) is 17.5. The SMILES string of the molecule is O=C(CN(C(=O)c1ccc(Cl)cc1)N1C(=O)[C@@H]2[C@H]3C[C@@H]([C@H](Br)[C@H]3Br)[C@@H]2C1=O)c1ccc(Br)cc1. The van der Waals surface area contributed by atoms with Crippen LogP contribution in [-0.4, -0.2) is 49.7 Å². The Morgan fingerprint density at radius 3 is 1.91 bits per heavy atom. The predicted molar refractivity (Wildman–Crippen MR) is 137 cm³/mol. The number of amides is 3. The highest BCUT2D eigenvalue weighted by Gasteiger charge is 2.67. The highest BCUT2D eigenvalue weighted by Crippen LogP contribution is 2.60. The lowest BCUT2D eigenvalue weighted by Gasteiger charge is -2.31. The first-order valence-corrected chi connectivity index (χ1v) is 13.7. The molecular formula is C24H18Br3ClN2O4. The van der Waals surface area contributed by atoms with Crippen molar-refractivity contribution in [3.63, 3.8) is 0 Å². The van der Waals surface area contributed by atoms with E-state index < -0.39 is 36.1 Å². The number of benzene rings is 2. The van der Waals surface area contributed by atoms with Crippen LogP contribution in [0.4, 0.5) is 0 Å². The molecule has 6 nitrogen and oxygen atoms in total. The maximum Gasteiger partial charge on any atom is 0.273 e. The minimum atomic E-state index is -0.609. The predicted octanol–water partition coefficient (Wildman–Crippen LogP) is 5.12. The van der Waals surface area contributed by atoms with E-state index in [0.717, 1.165) is 20.9 Å². The second kappa shape index (κ2) is 9.15. The summed E-state index contributed by atoms with van der Waals surface area (Å²) in [5, 5.41) is 2.37. The molecule has 176 valence electrons. The van der Waals surface area contributed by atoms with Gasteiger partial charge in [0, 0.05) is 30.3 Å². The molecule has 2 aromatic rings. The number of nitrogens with zero attached hydrogens (tertiary/aromatic N) is 2. The fourth-order valence-corrected chi connectivity index (χ4v) is 7.67. The number of carbonyl (C=O) groups is 4. The molecule has 1 heterocycles. The van der Waals surface area contributed by atoms with E-state index in [2.05, 4.69) is 47.8 Å². The monoisotopic (exact) mass is 670 g/mol. The number of rotatable bonds is 5. The zero-order valence-corrected chi connectivity index (χ0v) is 23.1. The molecule has 0 unspecified atom stereocenters. The van der Waals surface area contributed by atoms with Gasteiger partial charge in [0.05, 0.1) is 11.8 Å². The van der Waals surface area contributed by atoms with E-state index in [0.29, 0.717) is 10.6 Å². The molecule has 3 amide bonds. The maximum absolute atomic E-state index is 13.6. The van der Waals surface area contributed by atoms with Crippen LogP contribution >= 0.6 is 59.4 Å². The summed E-state index contributed by atoms with van der Waals surface area (Å²) in [6, 6.07) is 12.8. The summed E-state index contributed by atoms with van der Waals surface area (Å²) in [5.74, 6) is -2.84. The summed E-state index contributed by atoms with van der Waals surface area (Å²) in [5.41, 5.74) is 0.600. The molecule has 5 rings (SSSR count). The Balaban J connectivity index is 1.50. The number of Topliss-reactive ketones (excluding diaryl/α,β-unsaturated/α-hetero) is 1. The fourth-order valence-electron chi connectivity index (χ4n) is 5.41. The topological polar surface area (TPSA) is 74.8 Å². The molecule has 1 aliphatic heterocycles. The van der Waals surface area contributed by atoms with Crippen molar-refractivity contribution in [1.29, 1.82) is 0 Å². The molecule has 3 aliphatic rings. The van der Waals surface area contributed by atoms with Crippen molar-refractivity contribution in [3.05, 3.63) is 69.2 Å². The van der Waals surface area contributed by atoms with Gasteiger partial charge in [0.1, 0.15) is 6.54 Å². The molecule has 1 saturated heterocycles. The Morgan fingerprint density at radius 2 is 1.38 bits per heavy atom. The van der Waals surface area contributed by atoms with E-state index in [1.807, 2.05) is 0 Å². The molecule has 34 heavy (non-hydrogen) atoms. The first-order valence-electron chi connectivity index (χ1n) is 10.7. The molecule has 2 aromatic carbocycles. The Bertz CT molecular complexity index is 1160. The number of halogens is 4. The van der Waals surface area contributed by atoms with Crippen molar-refractivity contribution in [3.8, 4) is 0 Å². The number of carbonyl (C=O) groups excluding carboxylic acids is 4. The third-order valence-corrected chi connectivity index (χ3v) is 11.0. The Hall–Kier alpha value is -1.55. The summed E-state index contributed by atoms with van der Waals surface area (Å²) in [7, 11) is 0. The van der Waals surface area contributed by atoms with Gasteiger partial charge in [-0.3, -0.25) is 19.2 Å². The lowest BCUT2D eigenvalue weighted by molar-refractivity contribution is -0.154. The van der Waals surface area contributed by atoms with Crippen LogP contribution in [0.1, 0.15) is 27.1 Å². The minimum Gasteiger partial charge on any atom is -0.292 e. The summed E-state index contributed by atoms with van der Waals surface area (Å²) >= 11 is 16.6. The molecular weight excluding hydrogens is 655 g/mol. The Kier molecular flexibility index (Phi) is 6.50. The zero-order chi connectivity index (χ0) is 24.3. The van der Waals surface area contributed by atoms with Crippen LogP contribution in [0.3, 0.4) is 0 Å². The minimum absolute atomic E-state index is 0.00418. The average molecular weight is 674 g/mol. The summed E-state index contributed by atoms with van der Waals surface area (Å²) in [6.45, 7) is -0.440. The normalized spacial score (nSPS) is 29.5. The largest absolute Gasteiger partial charge is 0.292 e. The lowest BCUT2D eigenvalue weighted by Crippen LogP contribution is -2.52. The molecule has 2 saturated carbocycles. The van der Waals surface area contributed by atoms with E-state index >= 15 is 0 Å². The molecule has 0 radical (unpaired) electrons. The first-order chi connectivity index (χ1) is 16.2. The van der Waals surface area contributed by atoms with Crippen LogP contribution in [-0.2, 0) is 9.59 Å². The third-order valence-electron chi connectivity index (χ3n) is 6.99. The van der Waals surface area contributed by atoms with Crippen molar-refractivity contribution in [2.24, 2.45) is 23.7 Å². The van der Waals surface area contributed by atoms with E-state index in [1.54, 1.807) is 36.4 Å². The van der Waals surface area contributed by atoms with Gasteiger partial charge >= 0.3 is 0 Å². The van der Waals surface area contributed by atoms with Crippen molar-refractivity contribution in [2.45, 2.75) is 16.1 Å². The Labute approximate surface area is 226 Å². The molecule has 0 N–H and O–H groups in total. The van der Waals surface area contributed by atoms with Gasteiger partial charge in [-0.2, -0.15) is 5.01 Å². The lowest BCUT2D eigenvalue weighted by atomic mass is 9.81. The second-order valence-electron chi connectivity index (χ2n) is 8.79. The molecule has 0 spiro atoms. The van der Waals surface area contributed by atoms with Gasteiger partial charge in [-0.15, -0.1) is 0 Å². The average Bonchev–Trinajstić information content (AvgIpc) is 3.43. The maximum atomic E-state index is 13.6. The van der Waals surface area contributed by atoms with Crippen LogP contribution in [0.25, 0.3) is 0 Å². The first kappa shape index (κ1) is 24.2. The molecule has 10 heteroatoms.